The van der Waals surface area contributed by atoms with E-state index in [1.807, 2.05) is 19.1 Å². The first-order valence-corrected chi connectivity index (χ1v) is 7.86. The van der Waals surface area contributed by atoms with Crippen LogP contribution in [0.3, 0.4) is 0 Å². The van der Waals surface area contributed by atoms with Gasteiger partial charge in [0, 0.05) is 19.4 Å². The molecule has 0 radical (unpaired) electrons. The zero-order valence-corrected chi connectivity index (χ0v) is 12.5. The molecule has 0 bridgehead atoms. The highest BCUT2D eigenvalue weighted by molar-refractivity contribution is 5.78. The first-order chi connectivity index (χ1) is 10.2. The first-order valence-electron chi connectivity index (χ1n) is 7.86. The maximum absolute atomic E-state index is 12.1. The smallest absolute Gasteiger partial charge is 0.223 e. The van der Waals surface area contributed by atoms with Crippen molar-refractivity contribution in [1.29, 1.82) is 0 Å². The molecule has 1 aliphatic carbocycles. The number of nitrogens with zero attached hydrogens (tertiary/aromatic N) is 1. The number of carbonyl (C=O) groups is 1. The van der Waals surface area contributed by atoms with Gasteiger partial charge in [-0.2, -0.15) is 0 Å². The molecule has 1 aromatic heterocycles. The topological polar surface area (TPSA) is 55.1 Å². The molecule has 0 spiro atoms. The summed E-state index contributed by atoms with van der Waals surface area (Å²) in [5.41, 5.74) is 2.88. The molecule has 1 amide bonds. The van der Waals surface area contributed by atoms with Gasteiger partial charge in [0.25, 0.3) is 0 Å². The molecule has 1 fully saturated rings. The number of hydrogen-bond acceptors (Lipinski definition) is 3. The second kappa shape index (κ2) is 6.29. The average Bonchev–Trinajstić information content (AvgIpc) is 2.87. The van der Waals surface area contributed by atoms with E-state index in [1.165, 1.54) is 24.8 Å². The summed E-state index contributed by atoms with van der Waals surface area (Å²) >= 11 is 0. The summed E-state index contributed by atoms with van der Waals surface area (Å²) in [7, 11) is 0. The van der Waals surface area contributed by atoms with Crippen molar-refractivity contribution in [2.75, 3.05) is 6.54 Å². The number of aryl methyl sites for hydroxylation is 1. The van der Waals surface area contributed by atoms with Gasteiger partial charge in [0.15, 0.2) is 11.5 Å². The van der Waals surface area contributed by atoms with E-state index in [9.17, 15) is 4.79 Å². The Bertz CT molecular complexity index is 627. The van der Waals surface area contributed by atoms with Gasteiger partial charge in [0.1, 0.15) is 5.52 Å². The second-order valence-corrected chi connectivity index (χ2v) is 5.91. The molecule has 0 atom stereocenters. The quantitative estimate of drug-likeness (QED) is 0.937. The molecule has 0 unspecified atom stereocenters. The van der Waals surface area contributed by atoms with Crippen molar-refractivity contribution in [3.05, 3.63) is 29.7 Å². The molecule has 1 aromatic carbocycles. The van der Waals surface area contributed by atoms with Crippen LogP contribution < -0.4 is 5.32 Å². The van der Waals surface area contributed by atoms with Gasteiger partial charge in [-0.05, 0) is 37.0 Å². The zero-order valence-electron chi connectivity index (χ0n) is 12.5. The molecule has 4 heteroatoms. The lowest BCUT2D eigenvalue weighted by Crippen LogP contribution is -2.33. The number of nitrogens with one attached hydrogen (secondary N) is 1. The van der Waals surface area contributed by atoms with Crippen molar-refractivity contribution in [1.82, 2.24) is 10.3 Å². The number of fused-ring (bicyclic) bond motifs is 1. The predicted octanol–water partition coefficient (Wildman–Crippen LogP) is 3.38. The number of rotatable bonds is 4. The molecule has 1 heterocycles. The molecule has 21 heavy (non-hydrogen) atoms. The molecule has 112 valence electrons. The largest absolute Gasteiger partial charge is 0.441 e. The highest BCUT2D eigenvalue weighted by atomic mass is 16.3. The van der Waals surface area contributed by atoms with Crippen LogP contribution in [0.2, 0.25) is 0 Å². The number of hydrogen-bond donors (Lipinski definition) is 1. The van der Waals surface area contributed by atoms with Crippen LogP contribution in [0.5, 0.6) is 0 Å². The standard InChI is InChI=1S/C17H22N2O2/c1-12-19-15-8-7-13(11-16(15)21-12)9-10-18-17(20)14-5-3-2-4-6-14/h7-8,11,14H,2-6,9-10H2,1H3,(H,18,20). The SMILES string of the molecule is Cc1nc2ccc(CCNC(=O)C3CCCCC3)cc2o1. The van der Waals surface area contributed by atoms with Crippen LogP contribution >= 0.6 is 0 Å². The number of amides is 1. The van der Waals surface area contributed by atoms with E-state index >= 15 is 0 Å². The van der Waals surface area contributed by atoms with E-state index in [-0.39, 0.29) is 11.8 Å². The predicted molar refractivity (Wildman–Crippen MR) is 82.0 cm³/mol. The molecule has 2 aromatic rings. The Morgan fingerprint density at radius 3 is 2.95 bits per heavy atom. The third-order valence-electron chi connectivity index (χ3n) is 4.25. The minimum absolute atomic E-state index is 0.228. The van der Waals surface area contributed by atoms with E-state index in [1.54, 1.807) is 0 Å². The minimum Gasteiger partial charge on any atom is -0.441 e. The molecule has 4 nitrogen and oxygen atoms in total. The summed E-state index contributed by atoms with van der Waals surface area (Å²) in [4.78, 5) is 16.4. The van der Waals surface area contributed by atoms with Gasteiger partial charge in [-0.25, -0.2) is 4.98 Å². The monoisotopic (exact) mass is 286 g/mol. The van der Waals surface area contributed by atoms with Crippen molar-refractivity contribution in [3.8, 4) is 0 Å². The fourth-order valence-corrected chi connectivity index (χ4v) is 3.08. The van der Waals surface area contributed by atoms with Crippen molar-refractivity contribution >= 4 is 17.0 Å². The fourth-order valence-electron chi connectivity index (χ4n) is 3.08. The van der Waals surface area contributed by atoms with Crippen molar-refractivity contribution < 1.29 is 9.21 Å². The van der Waals surface area contributed by atoms with Crippen LogP contribution in [-0.2, 0) is 11.2 Å². The van der Waals surface area contributed by atoms with Gasteiger partial charge >= 0.3 is 0 Å². The van der Waals surface area contributed by atoms with E-state index < -0.39 is 0 Å². The lowest BCUT2D eigenvalue weighted by atomic mass is 9.88. The number of carbonyl (C=O) groups excluding carboxylic acids is 1. The lowest BCUT2D eigenvalue weighted by molar-refractivity contribution is -0.125. The lowest BCUT2D eigenvalue weighted by Gasteiger charge is -2.20. The summed E-state index contributed by atoms with van der Waals surface area (Å²) in [6.07, 6.45) is 6.60. The summed E-state index contributed by atoms with van der Waals surface area (Å²) in [6.45, 7) is 2.54. The van der Waals surface area contributed by atoms with Crippen LogP contribution in [0, 0.1) is 12.8 Å². The van der Waals surface area contributed by atoms with Crippen LogP contribution in [0.1, 0.15) is 43.6 Å². The highest BCUT2D eigenvalue weighted by Crippen LogP contribution is 2.23. The molecular weight excluding hydrogens is 264 g/mol. The maximum atomic E-state index is 12.1. The Hall–Kier alpha value is -1.84. The van der Waals surface area contributed by atoms with E-state index in [4.69, 9.17) is 4.42 Å². The summed E-state index contributed by atoms with van der Waals surface area (Å²) < 4.78 is 5.53. The fraction of sp³-hybridized carbons (Fsp3) is 0.529. The zero-order chi connectivity index (χ0) is 14.7. The summed E-state index contributed by atoms with van der Waals surface area (Å²) in [5, 5.41) is 3.07. The average molecular weight is 286 g/mol. The van der Waals surface area contributed by atoms with E-state index in [0.29, 0.717) is 12.4 Å². The Morgan fingerprint density at radius 1 is 1.33 bits per heavy atom. The Balaban J connectivity index is 1.52. The number of aromatic nitrogens is 1. The van der Waals surface area contributed by atoms with Gasteiger partial charge in [-0.15, -0.1) is 0 Å². The molecule has 0 aliphatic heterocycles. The Labute approximate surface area is 124 Å². The van der Waals surface area contributed by atoms with Gasteiger partial charge in [-0.1, -0.05) is 25.3 Å². The minimum atomic E-state index is 0.228. The first kappa shape index (κ1) is 14.1. The van der Waals surface area contributed by atoms with Gasteiger partial charge in [0.05, 0.1) is 0 Å². The van der Waals surface area contributed by atoms with Gasteiger partial charge < -0.3 is 9.73 Å². The van der Waals surface area contributed by atoms with Gasteiger partial charge in [-0.3, -0.25) is 4.79 Å². The Kier molecular flexibility index (Phi) is 4.23. The third-order valence-corrected chi connectivity index (χ3v) is 4.25. The molecule has 1 N–H and O–H groups in total. The summed E-state index contributed by atoms with van der Waals surface area (Å²) in [5.74, 6) is 1.15. The van der Waals surface area contributed by atoms with E-state index in [2.05, 4.69) is 16.4 Å². The van der Waals surface area contributed by atoms with E-state index in [0.717, 1.165) is 30.4 Å². The Morgan fingerprint density at radius 2 is 2.14 bits per heavy atom. The van der Waals surface area contributed by atoms with Crippen molar-refractivity contribution in [3.63, 3.8) is 0 Å². The van der Waals surface area contributed by atoms with Crippen molar-refractivity contribution in [2.24, 2.45) is 5.92 Å². The third kappa shape index (κ3) is 3.43. The van der Waals surface area contributed by atoms with Crippen LogP contribution in [-0.4, -0.2) is 17.4 Å². The molecular formula is C17H22N2O2. The maximum Gasteiger partial charge on any atom is 0.223 e. The van der Waals surface area contributed by atoms with Crippen LogP contribution in [0.25, 0.3) is 11.1 Å². The summed E-state index contributed by atoms with van der Waals surface area (Å²) in [6, 6.07) is 6.04. The normalized spacial score (nSPS) is 16.2. The van der Waals surface area contributed by atoms with Gasteiger partial charge in [0.2, 0.25) is 5.91 Å². The number of benzene rings is 1. The van der Waals surface area contributed by atoms with Crippen LogP contribution in [0.15, 0.2) is 22.6 Å². The van der Waals surface area contributed by atoms with Crippen molar-refractivity contribution in [2.45, 2.75) is 45.4 Å². The number of oxazole rings is 1. The second-order valence-electron chi connectivity index (χ2n) is 5.91. The highest BCUT2D eigenvalue weighted by Gasteiger charge is 2.20. The molecule has 0 saturated heterocycles. The molecule has 1 saturated carbocycles. The molecule has 3 rings (SSSR count). The molecule has 1 aliphatic rings. The van der Waals surface area contributed by atoms with Crippen LogP contribution in [0.4, 0.5) is 0 Å².